The van der Waals surface area contributed by atoms with E-state index in [0.29, 0.717) is 11.3 Å². The lowest BCUT2D eigenvalue weighted by Crippen LogP contribution is -2.15. The highest BCUT2D eigenvalue weighted by molar-refractivity contribution is 6.08. The summed E-state index contributed by atoms with van der Waals surface area (Å²) in [7, 11) is 0. The SMILES string of the molecule is O=C(Nc1ccccc1-c1ccccc1)c1ccccc1-n1cnnn1. The molecule has 0 spiro atoms. The third-order valence-electron chi connectivity index (χ3n) is 4.00. The first-order chi connectivity index (χ1) is 12.8. The van der Waals surface area contributed by atoms with Crippen LogP contribution in [-0.4, -0.2) is 26.1 Å². The van der Waals surface area contributed by atoms with Crippen molar-refractivity contribution in [3.63, 3.8) is 0 Å². The molecule has 0 unspecified atom stereocenters. The van der Waals surface area contributed by atoms with Crippen molar-refractivity contribution in [2.45, 2.75) is 0 Å². The van der Waals surface area contributed by atoms with Crippen LogP contribution >= 0.6 is 0 Å². The van der Waals surface area contributed by atoms with Gasteiger partial charge in [-0.05, 0) is 34.2 Å². The fourth-order valence-electron chi connectivity index (χ4n) is 2.79. The summed E-state index contributed by atoms with van der Waals surface area (Å²) >= 11 is 0. The summed E-state index contributed by atoms with van der Waals surface area (Å²) in [6.45, 7) is 0. The number of tetrazole rings is 1. The summed E-state index contributed by atoms with van der Waals surface area (Å²) in [6.07, 6.45) is 1.46. The van der Waals surface area contributed by atoms with Crippen molar-refractivity contribution < 1.29 is 4.79 Å². The molecule has 1 N–H and O–H groups in total. The second-order valence-electron chi connectivity index (χ2n) is 5.64. The van der Waals surface area contributed by atoms with Gasteiger partial charge >= 0.3 is 0 Å². The number of hydrogen-bond donors (Lipinski definition) is 1. The number of benzene rings is 3. The zero-order chi connectivity index (χ0) is 17.8. The number of anilines is 1. The number of carbonyl (C=O) groups is 1. The molecule has 0 saturated heterocycles. The van der Waals surface area contributed by atoms with Crippen LogP contribution in [-0.2, 0) is 0 Å². The highest BCUT2D eigenvalue weighted by atomic mass is 16.1. The standard InChI is InChI=1S/C20H15N5O/c26-20(17-11-5-7-13-19(17)25-14-21-23-24-25)22-18-12-6-4-10-16(18)15-8-2-1-3-9-15/h1-14H,(H,22,26). The molecule has 0 aliphatic carbocycles. The Kier molecular flexibility index (Phi) is 4.22. The van der Waals surface area contributed by atoms with Gasteiger partial charge in [0.2, 0.25) is 0 Å². The van der Waals surface area contributed by atoms with E-state index in [1.54, 1.807) is 12.1 Å². The van der Waals surface area contributed by atoms with Crippen LogP contribution in [0.25, 0.3) is 16.8 Å². The summed E-state index contributed by atoms with van der Waals surface area (Å²) in [5.41, 5.74) is 3.85. The third-order valence-corrected chi connectivity index (χ3v) is 4.00. The Morgan fingerprint density at radius 3 is 2.38 bits per heavy atom. The second-order valence-corrected chi connectivity index (χ2v) is 5.64. The van der Waals surface area contributed by atoms with Gasteiger partial charge in [-0.2, -0.15) is 4.68 Å². The second kappa shape index (κ2) is 6.98. The Bertz CT molecular complexity index is 1030. The van der Waals surface area contributed by atoms with Crippen molar-refractivity contribution in [3.8, 4) is 16.8 Å². The maximum absolute atomic E-state index is 12.9. The number of nitrogens with zero attached hydrogens (tertiary/aromatic N) is 4. The lowest BCUT2D eigenvalue weighted by molar-refractivity contribution is 0.102. The first-order valence-corrected chi connectivity index (χ1v) is 8.11. The molecule has 1 heterocycles. The van der Waals surface area contributed by atoms with Gasteiger partial charge in [-0.1, -0.05) is 60.7 Å². The van der Waals surface area contributed by atoms with Crippen molar-refractivity contribution in [1.82, 2.24) is 20.2 Å². The Labute approximate surface area is 150 Å². The lowest BCUT2D eigenvalue weighted by atomic mass is 10.0. The van der Waals surface area contributed by atoms with Gasteiger partial charge in [-0.15, -0.1) is 5.10 Å². The van der Waals surface area contributed by atoms with E-state index in [0.717, 1.165) is 16.8 Å². The molecular weight excluding hydrogens is 326 g/mol. The number of hydrogen-bond acceptors (Lipinski definition) is 4. The number of para-hydroxylation sites is 2. The molecule has 0 bridgehead atoms. The summed E-state index contributed by atoms with van der Waals surface area (Å²) in [5.74, 6) is -0.223. The Morgan fingerprint density at radius 1 is 0.846 bits per heavy atom. The Hall–Kier alpha value is -3.80. The van der Waals surface area contributed by atoms with Gasteiger partial charge in [-0.25, -0.2) is 0 Å². The molecule has 0 radical (unpaired) electrons. The zero-order valence-corrected chi connectivity index (χ0v) is 13.8. The molecule has 0 fully saturated rings. The smallest absolute Gasteiger partial charge is 0.257 e. The van der Waals surface area contributed by atoms with Crippen molar-refractivity contribution in [2.24, 2.45) is 0 Å². The maximum Gasteiger partial charge on any atom is 0.257 e. The average Bonchev–Trinajstić information content (AvgIpc) is 3.24. The fourth-order valence-corrected chi connectivity index (χ4v) is 2.79. The molecule has 1 amide bonds. The average molecular weight is 341 g/mol. The Morgan fingerprint density at radius 2 is 1.58 bits per heavy atom. The molecule has 4 rings (SSSR count). The summed E-state index contributed by atoms with van der Waals surface area (Å²) in [4.78, 5) is 12.9. The highest BCUT2D eigenvalue weighted by Crippen LogP contribution is 2.28. The Balaban J connectivity index is 1.69. The molecule has 1 aromatic heterocycles. The fraction of sp³-hybridized carbons (Fsp3) is 0. The third kappa shape index (κ3) is 3.08. The minimum atomic E-state index is -0.223. The van der Waals surface area contributed by atoms with E-state index in [1.165, 1.54) is 11.0 Å². The van der Waals surface area contributed by atoms with Crippen LogP contribution in [0.15, 0.2) is 85.2 Å². The molecule has 0 aliphatic rings. The summed E-state index contributed by atoms with van der Waals surface area (Å²) in [5, 5.41) is 14.2. The van der Waals surface area contributed by atoms with E-state index in [1.807, 2.05) is 66.7 Å². The predicted octanol–water partition coefficient (Wildman–Crippen LogP) is 3.58. The van der Waals surface area contributed by atoms with Crippen LogP contribution in [0.5, 0.6) is 0 Å². The first kappa shape index (κ1) is 15.7. The molecule has 0 aliphatic heterocycles. The molecule has 0 atom stereocenters. The monoisotopic (exact) mass is 341 g/mol. The molecule has 0 saturated carbocycles. The molecular formula is C20H15N5O. The number of rotatable bonds is 4. The van der Waals surface area contributed by atoms with Crippen LogP contribution in [0.3, 0.4) is 0 Å². The van der Waals surface area contributed by atoms with E-state index in [-0.39, 0.29) is 5.91 Å². The van der Waals surface area contributed by atoms with Crippen molar-refractivity contribution >= 4 is 11.6 Å². The largest absolute Gasteiger partial charge is 0.321 e. The van der Waals surface area contributed by atoms with E-state index in [9.17, 15) is 4.79 Å². The van der Waals surface area contributed by atoms with Gasteiger partial charge in [0, 0.05) is 11.3 Å². The number of aromatic nitrogens is 4. The van der Waals surface area contributed by atoms with Gasteiger partial charge in [-0.3, -0.25) is 4.79 Å². The van der Waals surface area contributed by atoms with Gasteiger partial charge in [0.25, 0.3) is 5.91 Å². The molecule has 6 heteroatoms. The van der Waals surface area contributed by atoms with Gasteiger partial charge in [0.15, 0.2) is 0 Å². The molecule has 6 nitrogen and oxygen atoms in total. The molecule has 3 aromatic carbocycles. The quantitative estimate of drug-likeness (QED) is 0.616. The van der Waals surface area contributed by atoms with E-state index in [4.69, 9.17) is 0 Å². The maximum atomic E-state index is 12.9. The lowest BCUT2D eigenvalue weighted by Gasteiger charge is -2.13. The number of nitrogens with one attached hydrogen (secondary N) is 1. The van der Waals surface area contributed by atoms with Gasteiger partial charge in [0.05, 0.1) is 11.3 Å². The van der Waals surface area contributed by atoms with Crippen LogP contribution in [0.1, 0.15) is 10.4 Å². The number of amides is 1. The van der Waals surface area contributed by atoms with Crippen LogP contribution < -0.4 is 5.32 Å². The topological polar surface area (TPSA) is 72.7 Å². The van der Waals surface area contributed by atoms with Crippen LogP contribution in [0.2, 0.25) is 0 Å². The molecule has 26 heavy (non-hydrogen) atoms. The van der Waals surface area contributed by atoms with Crippen molar-refractivity contribution in [2.75, 3.05) is 5.32 Å². The minimum absolute atomic E-state index is 0.223. The van der Waals surface area contributed by atoms with Gasteiger partial charge in [0.1, 0.15) is 6.33 Å². The van der Waals surface area contributed by atoms with E-state index in [2.05, 4.69) is 20.8 Å². The number of carbonyl (C=O) groups excluding carboxylic acids is 1. The normalized spacial score (nSPS) is 10.5. The van der Waals surface area contributed by atoms with Gasteiger partial charge < -0.3 is 5.32 Å². The van der Waals surface area contributed by atoms with E-state index >= 15 is 0 Å². The van der Waals surface area contributed by atoms with Crippen LogP contribution in [0.4, 0.5) is 5.69 Å². The zero-order valence-electron chi connectivity index (χ0n) is 13.8. The predicted molar refractivity (Wildman–Crippen MR) is 99.0 cm³/mol. The first-order valence-electron chi connectivity index (χ1n) is 8.11. The van der Waals surface area contributed by atoms with Crippen LogP contribution in [0, 0.1) is 0 Å². The summed E-state index contributed by atoms with van der Waals surface area (Å²) in [6, 6.07) is 24.9. The van der Waals surface area contributed by atoms with Crippen molar-refractivity contribution in [3.05, 3.63) is 90.8 Å². The summed E-state index contributed by atoms with van der Waals surface area (Å²) < 4.78 is 1.47. The molecule has 126 valence electrons. The highest BCUT2D eigenvalue weighted by Gasteiger charge is 2.15. The minimum Gasteiger partial charge on any atom is -0.321 e. The van der Waals surface area contributed by atoms with E-state index < -0.39 is 0 Å². The van der Waals surface area contributed by atoms with Crippen molar-refractivity contribution in [1.29, 1.82) is 0 Å². The molecule has 4 aromatic rings.